The van der Waals surface area contributed by atoms with E-state index in [0.717, 1.165) is 149 Å². The highest BCUT2D eigenvalue weighted by Gasteiger charge is 2.40. The third-order valence-corrected chi connectivity index (χ3v) is 21.9. The van der Waals surface area contributed by atoms with Gasteiger partial charge in [-0.15, -0.1) is 11.3 Å². The molecule has 0 unspecified atom stereocenters. The van der Waals surface area contributed by atoms with E-state index >= 15 is 0 Å². The Morgan fingerprint density at radius 2 is 0.539 bits per heavy atom. The number of ether oxygens (including phenoxy) is 1. The van der Waals surface area contributed by atoms with Crippen molar-refractivity contribution in [3.05, 3.63) is 223 Å². The molecule has 594 valence electrons. The van der Waals surface area contributed by atoms with Crippen LogP contribution in [0.2, 0.25) is 0 Å². The summed E-state index contributed by atoms with van der Waals surface area (Å²) in [5.74, 6) is -2.74. The molecule has 26 nitrogen and oxygen atoms in total. The fraction of sp³-hybridized carbons (Fsp3) is 0.198. The van der Waals surface area contributed by atoms with Crippen molar-refractivity contribution >= 4 is 239 Å². The molecule has 6 aliphatic rings. The minimum absolute atomic E-state index is 0.146. The fourth-order valence-corrected chi connectivity index (χ4v) is 15.8. The fourth-order valence-electron chi connectivity index (χ4n) is 9.82. The molecular formula is C81H72N6O20S8. The molecule has 7 heterocycles. The number of nitrogens with zero attached hydrogens (tertiary/aromatic N) is 6. The van der Waals surface area contributed by atoms with Crippen molar-refractivity contribution in [2.45, 2.75) is 68.1 Å². The van der Waals surface area contributed by atoms with Crippen molar-refractivity contribution < 1.29 is 95.8 Å². The van der Waals surface area contributed by atoms with Crippen molar-refractivity contribution in [1.29, 1.82) is 0 Å². The molecule has 6 saturated heterocycles. The van der Waals surface area contributed by atoms with Gasteiger partial charge in [0, 0.05) is 10.6 Å². The molecule has 12 amide bonds. The lowest BCUT2D eigenvalue weighted by molar-refractivity contribution is -0.127. The summed E-state index contributed by atoms with van der Waals surface area (Å²) in [6.45, 7) is 13.3. The first kappa shape index (κ1) is 91.2. The first-order chi connectivity index (χ1) is 54.5. The molecule has 0 saturated carbocycles. The number of rotatable bonds is 21. The van der Waals surface area contributed by atoms with Crippen LogP contribution in [-0.4, -0.2) is 177 Å². The summed E-state index contributed by atoms with van der Waals surface area (Å²) < 4.78 is 4.66. The summed E-state index contributed by atoms with van der Waals surface area (Å²) >= 11 is 10.8. The third-order valence-electron chi connectivity index (χ3n) is 15.3. The van der Waals surface area contributed by atoms with E-state index in [0.29, 0.717) is 48.1 Å². The van der Waals surface area contributed by atoms with Crippen LogP contribution in [0, 0.1) is 20.8 Å². The van der Waals surface area contributed by atoms with Crippen LogP contribution in [0.5, 0.6) is 5.75 Å². The van der Waals surface area contributed by atoms with Gasteiger partial charge in [0.15, 0.2) is 0 Å². The van der Waals surface area contributed by atoms with E-state index < -0.39 is 55.7 Å². The van der Waals surface area contributed by atoms with E-state index in [-0.39, 0.29) is 90.0 Å². The Bertz CT molecular complexity index is 4840. The average Bonchev–Trinajstić information content (AvgIpc) is 1.72. The Labute approximate surface area is 695 Å². The van der Waals surface area contributed by atoms with Crippen LogP contribution < -0.4 is 4.74 Å². The van der Waals surface area contributed by atoms with Gasteiger partial charge in [-0.3, -0.25) is 120 Å². The summed E-state index contributed by atoms with van der Waals surface area (Å²) in [7, 11) is 0. The minimum Gasteiger partial charge on any atom is -0.429 e. The van der Waals surface area contributed by atoms with Gasteiger partial charge in [0.2, 0.25) is 0 Å². The largest absolute Gasteiger partial charge is 0.429 e. The molecule has 34 heteroatoms. The van der Waals surface area contributed by atoms with Crippen molar-refractivity contribution in [3.63, 3.8) is 0 Å². The van der Waals surface area contributed by atoms with Crippen LogP contribution in [0.25, 0.3) is 36.5 Å². The second-order valence-electron chi connectivity index (χ2n) is 25.2. The second kappa shape index (κ2) is 43.5. The zero-order chi connectivity index (χ0) is 84.5. The number of ketones is 6. The number of aryl methyl sites for hydroxylation is 3. The molecule has 12 rings (SSSR count). The molecule has 1 aromatic heterocycles. The number of thiophene rings is 1. The van der Waals surface area contributed by atoms with E-state index in [9.17, 15) is 91.1 Å². The van der Waals surface area contributed by atoms with Gasteiger partial charge in [0.1, 0.15) is 40.4 Å². The highest BCUT2D eigenvalue weighted by atomic mass is 32.2. The summed E-state index contributed by atoms with van der Waals surface area (Å²) in [5.41, 5.74) is 8.56. The highest BCUT2D eigenvalue weighted by Crippen LogP contribution is 2.38. The van der Waals surface area contributed by atoms with E-state index in [2.05, 4.69) is 17.4 Å². The first-order valence-corrected chi connectivity index (χ1v) is 40.5. The Morgan fingerprint density at radius 1 is 0.322 bits per heavy atom. The molecule has 0 spiro atoms. The molecule has 115 heavy (non-hydrogen) atoms. The Kier molecular flexibility index (Phi) is 34.5. The summed E-state index contributed by atoms with van der Waals surface area (Å²) in [5, 5.41) is -0.513. The van der Waals surface area contributed by atoms with E-state index in [4.69, 9.17) is 0 Å². The van der Waals surface area contributed by atoms with Gasteiger partial charge in [0.05, 0.1) is 68.7 Å². The van der Waals surface area contributed by atoms with Crippen molar-refractivity contribution in [3.8, 4) is 5.75 Å². The number of thioether (sulfide) groups is 6. The van der Waals surface area contributed by atoms with Gasteiger partial charge < -0.3 is 4.74 Å². The molecule has 0 aliphatic carbocycles. The maximum atomic E-state index is 12.0. The van der Waals surface area contributed by atoms with E-state index in [1.807, 2.05) is 135 Å². The number of benzene rings is 5. The number of hydrogen-bond acceptors (Lipinski definition) is 28. The maximum Gasteiger partial charge on any atom is 0.298 e. The van der Waals surface area contributed by atoms with Crippen molar-refractivity contribution in [1.82, 2.24) is 29.4 Å². The Hall–Kier alpha value is -11.0. The normalized spacial score (nSPS) is 17.3. The number of carbonyl (C=O) groups is 19. The molecule has 5 aromatic carbocycles. The average molecular weight is 1710 g/mol. The van der Waals surface area contributed by atoms with Gasteiger partial charge in [-0.1, -0.05) is 132 Å². The molecule has 0 N–H and O–H groups in total. The van der Waals surface area contributed by atoms with Crippen LogP contribution in [-0.2, 0) is 68.1 Å². The van der Waals surface area contributed by atoms with E-state index in [1.54, 1.807) is 60.7 Å². The maximum absolute atomic E-state index is 12.0. The van der Waals surface area contributed by atoms with Crippen LogP contribution in [0.15, 0.2) is 168 Å². The molecule has 0 atom stereocenters. The van der Waals surface area contributed by atoms with Crippen molar-refractivity contribution in [2.24, 2.45) is 0 Å². The molecule has 0 bridgehead atoms. The number of Topliss-reactive ketones (excluding diaryl/α,β-unsaturated/α-hetero) is 6. The zero-order valence-corrected chi connectivity index (χ0v) is 69.5. The molecule has 6 fully saturated rings. The van der Waals surface area contributed by atoms with Crippen LogP contribution in [0.1, 0.15) is 96.5 Å². The first-order valence-electron chi connectivity index (χ1n) is 34.1. The second-order valence-corrected chi connectivity index (χ2v) is 32.5. The standard InChI is InChI=1S/C14H11NO5S.C14H13NO3S2.3C14H13NO3S.C11H9NO3S2/c1-9(17)7-15-13(18)12(21-14(15)19)6-10-2-4-11(5-3-10)20-8-16;1-9(16)7-15-13(17)12(20-14(15)18)6-10-2-4-11(8-19)5-3-10;3*1-9-3-5-11(6-4-9)7-12-13(17)15(8-10(2)16)14(18)19-12;1-7(13)6-12-10(14)9(17-11(12)15)5-8-3-2-4-16-8/h2-6,8H,7H2,1H3;2-6,19H,7-8H2,1H3;3*3-7H,8H2,1-2H3;2-5H,6H2,1H3/b2*12-6-;3*12-7-;9-5-. The summed E-state index contributed by atoms with van der Waals surface area (Å²) in [6, 6.07) is 40.7. The SMILES string of the molecule is CC(=O)CN1C(=O)S/C(=C\c2ccc(C)cc2)C1=O.CC(=O)CN1C(=O)S/C(=C\c2ccc(C)cc2)C1=O.CC(=O)CN1C(=O)S/C(=C\c2ccc(C)cc2)C1=O.CC(=O)CN1C(=O)S/C(=C\c2ccc(CS)cc2)C1=O.CC(=O)CN1C(=O)S/C(=C\c2ccc(OC=O)cc2)C1=O.CC(=O)CN1C(=O)S/C(=C\c2cccs2)C1=O. The van der Waals surface area contributed by atoms with Crippen LogP contribution in [0.3, 0.4) is 0 Å². The molecular weight excluding hydrogens is 1630 g/mol. The third kappa shape index (κ3) is 27.6. The lowest BCUT2D eigenvalue weighted by atomic mass is 10.1. The number of thiol groups is 1. The predicted molar refractivity (Wildman–Crippen MR) is 450 cm³/mol. The Morgan fingerprint density at radius 3 is 0.739 bits per heavy atom. The zero-order valence-electron chi connectivity index (χ0n) is 62.9. The minimum atomic E-state index is -0.478. The number of hydrogen-bond donors (Lipinski definition) is 1. The number of imide groups is 6. The quantitative estimate of drug-likeness (QED) is 0.0397. The Balaban J connectivity index is 0.000000191. The highest BCUT2D eigenvalue weighted by molar-refractivity contribution is 8.20. The smallest absolute Gasteiger partial charge is 0.298 e. The van der Waals surface area contributed by atoms with Gasteiger partial charge >= 0.3 is 0 Å². The van der Waals surface area contributed by atoms with Crippen LogP contribution in [0.4, 0.5) is 28.8 Å². The molecule has 6 aliphatic heterocycles. The van der Waals surface area contributed by atoms with Crippen LogP contribution >= 0.6 is 94.5 Å². The van der Waals surface area contributed by atoms with Crippen molar-refractivity contribution in [2.75, 3.05) is 39.3 Å². The van der Waals surface area contributed by atoms with Gasteiger partial charge in [-0.05, 0) is 226 Å². The van der Waals surface area contributed by atoms with Gasteiger partial charge in [-0.25, -0.2) is 0 Å². The summed E-state index contributed by atoms with van der Waals surface area (Å²) in [6.07, 6.45) is 9.90. The predicted octanol–water partition coefficient (Wildman–Crippen LogP) is 14.8. The summed E-state index contributed by atoms with van der Waals surface area (Å²) in [4.78, 5) is 227. The molecule has 6 aromatic rings. The lowest BCUT2D eigenvalue weighted by Crippen LogP contribution is -2.32. The topological polar surface area (TPSA) is 353 Å². The lowest BCUT2D eigenvalue weighted by Gasteiger charge is -2.08. The number of carbonyl (C=O) groups excluding carboxylic acids is 19. The van der Waals surface area contributed by atoms with Gasteiger partial charge in [-0.2, -0.15) is 12.6 Å². The molecule has 0 radical (unpaired) electrons. The number of amides is 12. The van der Waals surface area contributed by atoms with Gasteiger partial charge in [0.25, 0.3) is 73.4 Å². The monoisotopic (exact) mass is 1700 g/mol. The van der Waals surface area contributed by atoms with E-state index in [1.165, 1.54) is 52.9 Å².